The van der Waals surface area contributed by atoms with Gasteiger partial charge >= 0.3 is 0 Å². The molecule has 4 rings (SSSR count). The zero-order valence-corrected chi connectivity index (χ0v) is 15.5. The Labute approximate surface area is 164 Å². The Hall–Kier alpha value is -3.41. The van der Waals surface area contributed by atoms with E-state index in [0.717, 1.165) is 24.7 Å². The fourth-order valence-corrected chi connectivity index (χ4v) is 3.18. The van der Waals surface area contributed by atoms with Crippen molar-refractivity contribution in [1.29, 1.82) is 0 Å². The summed E-state index contributed by atoms with van der Waals surface area (Å²) in [4.78, 5) is 23.8. The summed E-state index contributed by atoms with van der Waals surface area (Å²) < 4.78 is 5.88. The van der Waals surface area contributed by atoms with E-state index in [1.807, 2.05) is 48.5 Å². The molecule has 0 saturated carbocycles. The molecule has 2 heterocycles. The largest absolute Gasteiger partial charge is 0.457 e. The van der Waals surface area contributed by atoms with E-state index in [2.05, 4.69) is 20.2 Å². The molecule has 6 heteroatoms. The quantitative estimate of drug-likeness (QED) is 0.711. The van der Waals surface area contributed by atoms with Gasteiger partial charge in [-0.05, 0) is 43.2 Å². The van der Waals surface area contributed by atoms with Crippen molar-refractivity contribution in [2.45, 2.75) is 19.4 Å². The predicted molar refractivity (Wildman–Crippen MR) is 108 cm³/mol. The molecule has 1 N–H and O–H groups in total. The lowest BCUT2D eigenvalue weighted by molar-refractivity contribution is 0.0948. The monoisotopic (exact) mass is 374 g/mol. The van der Waals surface area contributed by atoms with Gasteiger partial charge in [0.2, 0.25) is 5.95 Å². The number of rotatable bonds is 6. The standard InChI is InChI=1S/C22H22N4O2/c27-21(19-10-4-5-11-20(19)28-18-8-2-1-3-9-18)24-16-17-12-13-23-22(25-17)26-14-6-7-15-26/h1-5,8-13H,6-7,14-16H2,(H,24,27). The van der Waals surface area contributed by atoms with E-state index >= 15 is 0 Å². The van der Waals surface area contributed by atoms with Crippen LogP contribution in [0.15, 0.2) is 66.9 Å². The average molecular weight is 374 g/mol. The van der Waals surface area contributed by atoms with Gasteiger partial charge in [0.15, 0.2) is 0 Å². The molecule has 0 atom stereocenters. The lowest BCUT2D eigenvalue weighted by atomic mass is 10.2. The SMILES string of the molecule is O=C(NCc1ccnc(N2CCCC2)n1)c1ccccc1Oc1ccccc1. The molecule has 1 aromatic heterocycles. The van der Waals surface area contributed by atoms with Crippen LogP contribution in [0.5, 0.6) is 11.5 Å². The second-order valence-electron chi connectivity index (χ2n) is 6.64. The first-order valence-corrected chi connectivity index (χ1v) is 9.46. The third-order valence-electron chi connectivity index (χ3n) is 4.62. The van der Waals surface area contributed by atoms with Gasteiger partial charge in [0, 0.05) is 19.3 Å². The van der Waals surface area contributed by atoms with Crippen LogP contribution in [0.3, 0.4) is 0 Å². The molecule has 0 unspecified atom stereocenters. The van der Waals surface area contributed by atoms with Crippen LogP contribution >= 0.6 is 0 Å². The lowest BCUT2D eigenvalue weighted by Gasteiger charge is -2.15. The van der Waals surface area contributed by atoms with Gasteiger partial charge in [0.25, 0.3) is 5.91 Å². The highest BCUT2D eigenvalue weighted by atomic mass is 16.5. The number of carbonyl (C=O) groups excluding carboxylic acids is 1. The maximum Gasteiger partial charge on any atom is 0.255 e. The van der Waals surface area contributed by atoms with Crippen LogP contribution in [0.1, 0.15) is 28.9 Å². The molecule has 1 aliphatic heterocycles. The summed E-state index contributed by atoms with van der Waals surface area (Å²) in [5.74, 6) is 1.74. The van der Waals surface area contributed by atoms with Crippen LogP contribution in [0, 0.1) is 0 Å². The maximum absolute atomic E-state index is 12.7. The first kappa shape index (κ1) is 18.0. The van der Waals surface area contributed by atoms with E-state index in [-0.39, 0.29) is 5.91 Å². The Morgan fingerprint density at radius 3 is 2.57 bits per heavy atom. The number of amides is 1. The fraction of sp³-hybridized carbons (Fsp3) is 0.227. The number of carbonyl (C=O) groups is 1. The van der Waals surface area contributed by atoms with Crippen LogP contribution in [0.2, 0.25) is 0 Å². The Morgan fingerprint density at radius 2 is 1.75 bits per heavy atom. The second kappa shape index (κ2) is 8.52. The highest BCUT2D eigenvalue weighted by Gasteiger charge is 2.16. The Kier molecular flexibility index (Phi) is 5.47. The molecule has 0 spiro atoms. The number of benzene rings is 2. The van der Waals surface area contributed by atoms with E-state index in [1.165, 1.54) is 12.8 Å². The minimum absolute atomic E-state index is 0.201. The van der Waals surface area contributed by atoms with Gasteiger partial charge in [-0.3, -0.25) is 4.79 Å². The summed E-state index contributed by atoms with van der Waals surface area (Å²) in [6.07, 6.45) is 4.08. The molecular formula is C22H22N4O2. The summed E-state index contributed by atoms with van der Waals surface area (Å²) in [7, 11) is 0. The molecule has 2 aromatic carbocycles. The Morgan fingerprint density at radius 1 is 1.00 bits per heavy atom. The van der Waals surface area contributed by atoms with E-state index in [1.54, 1.807) is 18.3 Å². The summed E-state index contributed by atoms with van der Waals surface area (Å²) >= 11 is 0. The second-order valence-corrected chi connectivity index (χ2v) is 6.64. The lowest BCUT2D eigenvalue weighted by Crippen LogP contribution is -2.25. The van der Waals surface area contributed by atoms with Crippen LogP contribution < -0.4 is 15.0 Å². The van der Waals surface area contributed by atoms with E-state index < -0.39 is 0 Å². The number of anilines is 1. The highest BCUT2D eigenvalue weighted by molar-refractivity contribution is 5.96. The van der Waals surface area contributed by atoms with Gasteiger partial charge in [-0.2, -0.15) is 0 Å². The highest BCUT2D eigenvalue weighted by Crippen LogP contribution is 2.25. The van der Waals surface area contributed by atoms with Crippen LogP contribution in [0.4, 0.5) is 5.95 Å². The molecule has 142 valence electrons. The van der Waals surface area contributed by atoms with Crippen molar-refractivity contribution in [3.8, 4) is 11.5 Å². The molecule has 1 saturated heterocycles. The van der Waals surface area contributed by atoms with Gasteiger partial charge in [0.05, 0.1) is 17.8 Å². The molecule has 1 aliphatic rings. The van der Waals surface area contributed by atoms with E-state index in [4.69, 9.17) is 4.74 Å². The Bertz CT molecular complexity index is 940. The van der Waals surface area contributed by atoms with Crippen molar-refractivity contribution in [2.75, 3.05) is 18.0 Å². The smallest absolute Gasteiger partial charge is 0.255 e. The molecule has 0 bridgehead atoms. The molecule has 28 heavy (non-hydrogen) atoms. The summed E-state index contributed by atoms with van der Waals surface area (Å²) in [6.45, 7) is 2.31. The third kappa shape index (κ3) is 4.28. The molecule has 1 fully saturated rings. The zero-order chi connectivity index (χ0) is 19.2. The van der Waals surface area contributed by atoms with Crippen molar-refractivity contribution in [3.05, 3.63) is 78.1 Å². The number of para-hydroxylation sites is 2. The van der Waals surface area contributed by atoms with Crippen LogP contribution in [-0.4, -0.2) is 29.0 Å². The van der Waals surface area contributed by atoms with Gasteiger partial charge < -0.3 is 15.0 Å². The van der Waals surface area contributed by atoms with E-state index in [0.29, 0.717) is 23.6 Å². The van der Waals surface area contributed by atoms with E-state index in [9.17, 15) is 4.79 Å². The van der Waals surface area contributed by atoms with Gasteiger partial charge in [-0.25, -0.2) is 9.97 Å². The van der Waals surface area contributed by atoms with Gasteiger partial charge in [-0.15, -0.1) is 0 Å². The first-order chi connectivity index (χ1) is 13.8. The minimum atomic E-state index is -0.201. The molecule has 6 nitrogen and oxygen atoms in total. The zero-order valence-electron chi connectivity index (χ0n) is 15.5. The number of hydrogen-bond donors (Lipinski definition) is 1. The Balaban J connectivity index is 1.44. The average Bonchev–Trinajstić information content (AvgIpc) is 3.28. The van der Waals surface area contributed by atoms with Crippen molar-refractivity contribution in [2.24, 2.45) is 0 Å². The van der Waals surface area contributed by atoms with Gasteiger partial charge in [-0.1, -0.05) is 30.3 Å². The molecule has 0 radical (unpaired) electrons. The number of aromatic nitrogens is 2. The van der Waals surface area contributed by atoms with Crippen molar-refractivity contribution in [3.63, 3.8) is 0 Å². The van der Waals surface area contributed by atoms with Crippen LogP contribution in [-0.2, 0) is 6.54 Å². The van der Waals surface area contributed by atoms with Crippen molar-refractivity contribution in [1.82, 2.24) is 15.3 Å². The third-order valence-corrected chi connectivity index (χ3v) is 4.62. The molecule has 3 aromatic rings. The number of ether oxygens (including phenoxy) is 1. The number of hydrogen-bond acceptors (Lipinski definition) is 5. The maximum atomic E-state index is 12.7. The normalized spacial score (nSPS) is 13.4. The fourth-order valence-electron chi connectivity index (χ4n) is 3.18. The summed E-state index contributed by atoms with van der Waals surface area (Å²) in [6, 6.07) is 18.5. The molecular weight excluding hydrogens is 352 g/mol. The minimum Gasteiger partial charge on any atom is -0.457 e. The molecule has 0 aliphatic carbocycles. The predicted octanol–water partition coefficient (Wildman–Crippen LogP) is 3.80. The van der Waals surface area contributed by atoms with Crippen molar-refractivity contribution < 1.29 is 9.53 Å². The summed E-state index contributed by atoms with van der Waals surface area (Å²) in [5, 5.41) is 2.93. The van der Waals surface area contributed by atoms with Gasteiger partial charge in [0.1, 0.15) is 11.5 Å². The number of nitrogens with zero attached hydrogens (tertiary/aromatic N) is 3. The van der Waals surface area contributed by atoms with Crippen LogP contribution in [0.25, 0.3) is 0 Å². The van der Waals surface area contributed by atoms with Crippen molar-refractivity contribution >= 4 is 11.9 Å². The number of nitrogens with one attached hydrogen (secondary N) is 1. The molecule has 1 amide bonds. The summed E-state index contributed by atoms with van der Waals surface area (Å²) in [5.41, 5.74) is 1.27. The topological polar surface area (TPSA) is 67.4 Å². The first-order valence-electron chi connectivity index (χ1n) is 9.46.